The molecule has 0 unspecified atom stereocenters. The molecule has 1 aliphatic heterocycles. The van der Waals surface area contributed by atoms with E-state index in [4.69, 9.17) is 4.74 Å². The van der Waals surface area contributed by atoms with Crippen molar-refractivity contribution in [2.45, 2.75) is 36.8 Å². The van der Waals surface area contributed by atoms with Crippen LogP contribution in [0.25, 0.3) is 0 Å². The molecule has 0 radical (unpaired) electrons. The van der Waals surface area contributed by atoms with Crippen molar-refractivity contribution in [1.82, 2.24) is 9.21 Å². The summed E-state index contributed by atoms with van der Waals surface area (Å²) in [5.74, 6) is -0.503. The number of hydrogen-bond donors (Lipinski definition) is 1. The zero-order valence-corrected chi connectivity index (χ0v) is 17.3. The molecule has 2 rings (SSSR count). The van der Waals surface area contributed by atoms with Crippen LogP contribution in [0.5, 0.6) is 5.75 Å². The van der Waals surface area contributed by atoms with E-state index in [-0.39, 0.29) is 28.8 Å². The van der Waals surface area contributed by atoms with Crippen molar-refractivity contribution in [1.29, 1.82) is 0 Å². The number of nitrogens with zero attached hydrogens (tertiary/aromatic N) is 2. The summed E-state index contributed by atoms with van der Waals surface area (Å²) in [5.41, 5.74) is 0.0142. The van der Waals surface area contributed by atoms with E-state index in [0.29, 0.717) is 13.1 Å². The van der Waals surface area contributed by atoms with Gasteiger partial charge in [0, 0.05) is 27.2 Å². The van der Waals surface area contributed by atoms with Crippen LogP contribution in [0, 0.1) is 0 Å². The maximum Gasteiger partial charge on any atom is 0.422 e. The highest BCUT2D eigenvalue weighted by Crippen LogP contribution is 2.31. The van der Waals surface area contributed by atoms with E-state index in [1.807, 2.05) is 0 Å². The molecule has 1 saturated heterocycles. The first-order valence-electron chi connectivity index (χ1n) is 9.28. The molecule has 1 N–H and O–H groups in total. The van der Waals surface area contributed by atoms with Crippen molar-refractivity contribution in [3.05, 3.63) is 18.2 Å². The fraction of sp³-hybridized carbons (Fsp3) is 0.611. The molecular formula is C18H26F3N3O4S. The number of anilines is 1. The maximum atomic E-state index is 13.0. The lowest BCUT2D eigenvalue weighted by atomic mass is 10.2. The third-order valence-corrected chi connectivity index (χ3v) is 6.37. The Morgan fingerprint density at radius 1 is 1.17 bits per heavy atom. The number of halogens is 3. The van der Waals surface area contributed by atoms with Gasteiger partial charge in [0.25, 0.3) is 0 Å². The number of sulfonamides is 1. The first kappa shape index (κ1) is 23.3. The van der Waals surface area contributed by atoms with E-state index in [1.165, 1.54) is 41.5 Å². The molecule has 164 valence electrons. The minimum absolute atomic E-state index is 0.0142. The molecule has 1 aromatic carbocycles. The van der Waals surface area contributed by atoms with Gasteiger partial charge < -0.3 is 15.0 Å². The molecule has 0 atom stereocenters. The summed E-state index contributed by atoms with van der Waals surface area (Å²) in [6, 6.07) is 3.62. The van der Waals surface area contributed by atoms with Gasteiger partial charge in [-0.05, 0) is 31.0 Å². The smallest absolute Gasteiger partial charge is 0.422 e. The lowest BCUT2D eigenvalue weighted by Gasteiger charge is -2.21. The number of ether oxygens (including phenoxy) is 1. The van der Waals surface area contributed by atoms with Gasteiger partial charge in [0.2, 0.25) is 15.9 Å². The SMILES string of the molecule is CN(C)C(=O)CNc1cc(S(=O)(=O)N2CCCCCC2)ccc1OCC(F)(F)F. The van der Waals surface area contributed by atoms with E-state index < -0.39 is 22.8 Å². The minimum Gasteiger partial charge on any atom is -0.482 e. The average Bonchev–Trinajstić information content (AvgIpc) is 2.93. The molecule has 1 aliphatic rings. The molecule has 0 bridgehead atoms. The number of alkyl halides is 3. The summed E-state index contributed by atoms with van der Waals surface area (Å²) in [7, 11) is -0.737. The van der Waals surface area contributed by atoms with Gasteiger partial charge in [-0.1, -0.05) is 12.8 Å². The summed E-state index contributed by atoms with van der Waals surface area (Å²) < 4.78 is 69.7. The number of benzene rings is 1. The molecule has 1 amide bonds. The van der Waals surface area contributed by atoms with Crippen LogP contribution in [0.4, 0.5) is 18.9 Å². The van der Waals surface area contributed by atoms with Crippen molar-refractivity contribution < 1.29 is 31.1 Å². The van der Waals surface area contributed by atoms with E-state index in [1.54, 1.807) is 0 Å². The van der Waals surface area contributed by atoms with E-state index in [9.17, 15) is 26.4 Å². The summed E-state index contributed by atoms with van der Waals surface area (Å²) in [4.78, 5) is 13.1. The number of carbonyl (C=O) groups excluding carboxylic acids is 1. The van der Waals surface area contributed by atoms with Crippen molar-refractivity contribution in [3.63, 3.8) is 0 Å². The normalized spacial score (nSPS) is 16.2. The third kappa shape index (κ3) is 6.77. The van der Waals surface area contributed by atoms with Gasteiger partial charge in [-0.15, -0.1) is 0 Å². The Balaban J connectivity index is 2.31. The molecule has 0 aliphatic carbocycles. The van der Waals surface area contributed by atoms with Gasteiger partial charge in [-0.25, -0.2) is 8.42 Å². The number of carbonyl (C=O) groups is 1. The zero-order valence-electron chi connectivity index (χ0n) is 16.5. The fourth-order valence-electron chi connectivity index (χ4n) is 2.85. The molecule has 0 spiro atoms. The topological polar surface area (TPSA) is 79.0 Å². The first-order chi connectivity index (χ1) is 13.5. The Bertz CT molecular complexity index is 805. The van der Waals surface area contributed by atoms with E-state index >= 15 is 0 Å². The van der Waals surface area contributed by atoms with Crippen molar-refractivity contribution in [2.75, 3.05) is 45.7 Å². The largest absolute Gasteiger partial charge is 0.482 e. The Morgan fingerprint density at radius 2 is 1.79 bits per heavy atom. The molecule has 1 heterocycles. The number of likely N-dealkylation sites (N-methyl/N-ethyl adjacent to an activating group) is 1. The lowest BCUT2D eigenvalue weighted by molar-refractivity contribution is -0.153. The highest BCUT2D eigenvalue weighted by Gasteiger charge is 2.30. The van der Waals surface area contributed by atoms with Crippen LogP contribution in [0.3, 0.4) is 0 Å². The molecule has 0 aromatic heterocycles. The average molecular weight is 437 g/mol. The monoisotopic (exact) mass is 437 g/mol. The van der Waals surface area contributed by atoms with Crippen LogP contribution in [-0.2, 0) is 14.8 Å². The second kappa shape index (κ2) is 9.66. The van der Waals surface area contributed by atoms with Crippen LogP contribution >= 0.6 is 0 Å². The molecule has 0 saturated carbocycles. The van der Waals surface area contributed by atoms with Crippen molar-refractivity contribution >= 4 is 21.6 Å². The summed E-state index contributed by atoms with van der Waals surface area (Å²) in [6.45, 7) is -0.947. The predicted octanol–water partition coefficient (Wildman–Crippen LogP) is 2.69. The Labute approximate surface area is 168 Å². The predicted molar refractivity (Wildman–Crippen MR) is 102 cm³/mol. The summed E-state index contributed by atoms with van der Waals surface area (Å²) in [5, 5.41) is 2.69. The second-order valence-electron chi connectivity index (χ2n) is 7.02. The van der Waals surface area contributed by atoms with Gasteiger partial charge >= 0.3 is 6.18 Å². The Hall–Kier alpha value is -2.01. The van der Waals surface area contributed by atoms with E-state index in [0.717, 1.165) is 25.7 Å². The van der Waals surface area contributed by atoms with Crippen LogP contribution in [0.15, 0.2) is 23.1 Å². The molecule has 7 nitrogen and oxygen atoms in total. The molecular weight excluding hydrogens is 411 g/mol. The number of nitrogens with one attached hydrogen (secondary N) is 1. The molecule has 1 fully saturated rings. The van der Waals surface area contributed by atoms with Crippen LogP contribution in [0.1, 0.15) is 25.7 Å². The highest BCUT2D eigenvalue weighted by atomic mass is 32.2. The van der Waals surface area contributed by atoms with Crippen LogP contribution in [0.2, 0.25) is 0 Å². The third-order valence-electron chi connectivity index (χ3n) is 4.47. The zero-order chi connectivity index (χ0) is 21.7. The molecule has 29 heavy (non-hydrogen) atoms. The molecule has 1 aromatic rings. The highest BCUT2D eigenvalue weighted by molar-refractivity contribution is 7.89. The number of amides is 1. The van der Waals surface area contributed by atoms with Crippen LogP contribution < -0.4 is 10.1 Å². The van der Waals surface area contributed by atoms with Crippen molar-refractivity contribution in [3.8, 4) is 5.75 Å². The van der Waals surface area contributed by atoms with E-state index in [2.05, 4.69) is 5.32 Å². The van der Waals surface area contributed by atoms with Crippen molar-refractivity contribution in [2.24, 2.45) is 0 Å². The second-order valence-corrected chi connectivity index (χ2v) is 8.96. The Morgan fingerprint density at radius 3 is 2.34 bits per heavy atom. The van der Waals surface area contributed by atoms with Gasteiger partial charge in [0.05, 0.1) is 17.1 Å². The standard InChI is InChI=1S/C18H26F3N3O4S/c1-23(2)17(25)12-22-15-11-14(7-8-16(15)28-13-18(19,20)21)29(26,27)24-9-5-3-4-6-10-24/h7-8,11,22H,3-6,9-10,12-13H2,1-2H3. The van der Waals surface area contributed by atoms with Crippen LogP contribution in [-0.4, -0.2) is 70.0 Å². The lowest BCUT2D eigenvalue weighted by Crippen LogP contribution is -2.32. The minimum atomic E-state index is -4.55. The van der Waals surface area contributed by atoms with Gasteiger partial charge in [-0.2, -0.15) is 17.5 Å². The first-order valence-corrected chi connectivity index (χ1v) is 10.7. The van der Waals surface area contributed by atoms with Gasteiger partial charge in [0.1, 0.15) is 5.75 Å². The summed E-state index contributed by atoms with van der Waals surface area (Å²) >= 11 is 0. The Kier molecular flexibility index (Phi) is 7.75. The maximum absolute atomic E-state index is 13.0. The van der Waals surface area contributed by atoms with Gasteiger partial charge in [0.15, 0.2) is 6.61 Å². The summed E-state index contributed by atoms with van der Waals surface area (Å²) in [6.07, 6.45) is -1.12. The quantitative estimate of drug-likeness (QED) is 0.710. The molecule has 11 heteroatoms. The number of hydrogen-bond acceptors (Lipinski definition) is 5. The van der Waals surface area contributed by atoms with Gasteiger partial charge in [-0.3, -0.25) is 4.79 Å². The fourth-order valence-corrected chi connectivity index (χ4v) is 4.40. The number of rotatable bonds is 7.